The van der Waals surface area contributed by atoms with Crippen molar-refractivity contribution in [2.45, 2.75) is 12.6 Å². The third-order valence-electron chi connectivity index (χ3n) is 2.15. The van der Waals surface area contributed by atoms with Crippen molar-refractivity contribution < 1.29 is 14.8 Å². The number of aliphatic hydroxyl groups excluding tert-OH is 1. The van der Waals surface area contributed by atoms with E-state index in [2.05, 4.69) is 21.2 Å². The Morgan fingerprint density at radius 3 is 2.78 bits per heavy atom. The van der Waals surface area contributed by atoms with Gasteiger partial charge in [0.15, 0.2) is 0 Å². The molecule has 0 aromatic heterocycles. The number of amides is 1. The number of nitrogens with two attached hydrogens (primary N) is 1. The van der Waals surface area contributed by atoms with Gasteiger partial charge in [-0.3, -0.25) is 14.9 Å². The van der Waals surface area contributed by atoms with Crippen LogP contribution in [0.2, 0.25) is 0 Å². The number of non-ortho nitro benzene ring substituents is 1. The Morgan fingerprint density at radius 1 is 1.56 bits per heavy atom. The number of hydrogen-bond donors (Lipinski definition) is 3. The first-order valence-corrected chi connectivity index (χ1v) is 5.81. The van der Waals surface area contributed by atoms with Crippen LogP contribution in [0.5, 0.6) is 0 Å². The first-order chi connectivity index (χ1) is 8.40. The summed E-state index contributed by atoms with van der Waals surface area (Å²) in [6.07, 6.45) is -1.27. The predicted molar refractivity (Wildman–Crippen MR) is 67.7 cm³/mol. The average molecular weight is 318 g/mol. The van der Waals surface area contributed by atoms with Crippen LogP contribution in [0, 0.1) is 10.1 Å². The first-order valence-electron chi connectivity index (χ1n) is 5.02. The highest BCUT2D eigenvalue weighted by molar-refractivity contribution is 9.10. The number of nitro groups is 1. The smallest absolute Gasteiger partial charge is 0.270 e. The highest BCUT2D eigenvalue weighted by atomic mass is 79.9. The van der Waals surface area contributed by atoms with Gasteiger partial charge in [-0.15, -0.1) is 0 Å². The molecule has 0 saturated carbocycles. The molecule has 0 spiro atoms. The van der Waals surface area contributed by atoms with Gasteiger partial charge in [0.25, 0.3) is 5.69 Å². The van der Waals surface area contributed by atoms with Crippen molar-refractivity contribution in [3.63, 3.8) is 0 Å². The number of hydrogen-bond acceptors (Lipinski definition) is 5. The van der Waals surface area contributed by atoms with E-state index in [1.807, 2.05) is 0 Å². The summed E-state index contributed by atoms with van der Waals surface area (Å²) in [6, 6.07) is 4.51. The molecule has 0 heterocycles. The molecule has 7 nitrogen and oxygen atoms in total. The standard InChI is InChI=1S/C10H12BrN3O4/c11-7-1-6(2-8(3-7)14(17)18)4-13-5-9(15)10(12)16/h1-3,9,13,15H,4-5H2,(H2,12,16). The van der Waals surface area contributed by atoms with E-state index in [0.717, 1.165) is 0 Å². The van der Waals surface area contributed by atoms with E-state index in [0.29, 0.717) is 10.0 Å². The quantitative estimate of drug-likeness (QED) is 0.515. The summed E-state index contributed by atoms with van der Waals surface area (Å²) in [6.45, 7) is 0.278. The molecule has 0 radical (unpaired) electrons. The number of benzene rings is 1. The lowest BCUT2D eigenvalue weighted by atomic mass is 10.2. The summed E-state index contributed by atoms with van der Waals surface area (Å²) < 4.78 is 0.587. The fraction of sp³-hybridized carbons (Fsp3) is 0.300. The molecule has 1 atom stereocenters. The molecule has 1 unspecified atom stereocenters. The number of primary amides is 1. The minimum atomic E-state index is -1.27. The van der Waals surface area contributed by atoms with Gasteiger partial charge in [-0.2, -0.15) is 0 Å². The molecule has 0 aliphatic rings. The summed E-state index contributed by atoms with van der Waals surface area (Å²) in [7, 11) is 0. The van der Waals surface area contributed by atoms with E-state index in [1.165, 1.54) is 12.1 Å². The normalized spacial score (nSPS) is 12.1. The number of nitrogens with one attached hydrogen (secondary N) is 1. The zero-order valence-electron chi connectivity index (χ0n) is 9.30. The van der Waals surface area contributed by atoms with Crippen molar-refractivity contribution >= 4 is 27.5 Å². The number of nitro benzene ring substituents is 1. The van der Waals surface area contributed by atoms with Gasteiger partial charge in [-0.1, -0.05) is 15.9 Å². The zero-order chi connectivity index (χ0) is 13.7. The second-order valence-corrected chi connectivity index (χ2v) is 4.54. The third kappa shape index (κ3) is 4.40. The number of carbonyl (C=O) groups excluding carboxylic acids is 1. The van der Waals surface area contributed by atoms with Gasteiger partial charge in [0.05, 0.1) is 4.92 Å². The predicted octanol–water partition coefficient (Wildman–Crippen LogP) is 0.293. The van der Waals surface area contributed by atoms with Gasteiger partial charge in [-0.05, 0) is 11.6 Å². The zero-order valence-corrected chi connectivity index (χ0v) is 10.9. The van der Waals surface area contributed by atoms with E-state index in [9.17, 15) is 14.9 Å². The van der Waals surface area contributed by atoms with Gasteiger partial charge in [0.2, 0.25) is 5.91 Å². The van der Waals surface area contributed by atoms with E-state index in [1.54, 1.807) is 6.07 Å². The van der Waals surface area contributed by atoms with Crippen LogP contribution in [0.25, 0.3) is 0 Å². The largest absolute Gasteiger partial charge is 0.382 e. The molecule has 18 heavy (non-hydrogen) atoms. The van der Waals surface area contributed by atoms with Crippen LogP contribution in [0.4, 0.5) is 5.69 Å². The molecule has 0 aliphatic heterocycles. The van der Waals surface area contributed by atoms with Crippen molar-refractivity contribution in [2.24, 2.45) is 5.73 Å². The Kier molecular flexibility index (Phi) is 5.20. The van der Waals surface area contributed by atoms with Crippen molar-refractivity contribution in [2.75, 3.05) is 6.54 Å². The number of halogens is 1. The van der Waals surface area contributed by atoms with Crippen molar-refractivity contribution in [1.29, 1.82) is 0 Å². The van der Waals surface area contributed by atoms with Gasteiger partial charge >= 0.3 is 0 Å². The monoisotopic (exact) mass is 317 g/mol. The fourth-order valence-corrected chi connectivity index (χ4v) is 1.82. The molecule has 1 aromatic carbocycles. The number of aliphatic hydroxyl groups is 1. The van der Waals surface area contributed by atoms with E-state index in [-0.39, 0.29) is 18.8 Å². The Labute approximate surface area is 111 Å². The maximum atomic E-state index is 10.6. The summed E-state index contributed by atoms with van der Waals surface area (Å²) in [5.74, 6) is -0.817. The minimum Gasteiger partial charge on any atom is -0.382 e. The molecule has 0 saturated heterocycles. The molecule has 8 heteroatoms. The van der Waals surface area contributed by atoms with Crippen LogP contribution in [-0.4, -0.2) is 28.6 Å². The number of nitrogens with zero attached hydrogens (tertiary/aromatic N) is 1. The van der Waals surface area contributed by atoms with Crippen molar-refractivity contribution in [3.05, 3.63) is 38.3 Å². The molecule has 0 aliphatic carbocycles. The Balaban J connectivity index is 2.62. The van der Waals surface area contributed by atoms with Crippen molar-refractivity contribution in [3.8, 4) is 0 Å². The highest BCUT2D eigenvalue weighted by Gasteiger charge is 2.11. The Bertz CT molecular complexity index is 466. The van der Waals surface area contributed by atoms with Gasteiger partial charge in [0, 0.05) is 29.7 Å². The Hall–Kier alpha value is -1.51. The summed E-state index contributed by atoms with van der Waals surface area (Å²) in [5.41, 5.74) is 5.51. The molecular formula is C10H12BrN3O4. The van der Waals surface area contributed by atoms with Gasteiger partial charge in [0.1, 0.15) is 6.10 Å². The summed E-state index contributed by atoms with van der Waals surface area (Å²) in [4.78, 5) is 20.7. The molecule has 1 amide bonds. The van der Waals surface area contributed by atoms with Gasteiger partial charge in [-0.25, -0.2) is 0 Å². The molecule has 1 aromatic rings. The van der Waals surface area contributed by atoms with Crippen LogP contribution in [0.15, 0.2) is 22.7 Å². The molecule has 4 N–H and O–H groups in total. The second-order valence-electron chi connectivity index (χ2n) is 3.62. The highest BCUT2D eigenvalue weighted by Crippen LogP contribution is 2.21. The SMILES string of the molecule is NC(=O)C(O)CNCc1cc(Br)cc([N+](=O)[O-])c1. The summed E-state index contributed by atoms with van der Waals surface area (Å²) >= 11 is 3.17. The first kappa shape index (κ1) is 14.6. The summed E-state index contributed by atoms with van der Waals surface area (Å²) in [5, 5.41) is 22.6. The Morgan fingerprint density at radius 2 is 2.22 bits per heavy atom. The average Bonchev–Trinajstić information content (AvgIpc) is 2.27. The topological polar surface area (TPSA) is 118 Å². The lowest BCUT2D eigenvalue weighted by Crippen LogP contribution is -2.37. The molecule has 98 valence electrons. The second kappa shape index (κ2) is 6.43. The minimum absolute atomic E-state index is 0.00432. The third-order valence-corrected chi connectivity index (χ3v) is 2.61. The van der Waals surface area contributed by atoms with Crippen LogP contribution in [0.3, 0.4) is 0 Å². The maximum Gasteiger partial charge on any atom is 0.270 e. The molecule has 0 fully saturated rings. The van der Waals surface area contributed by atoms with Crippen LogP contribution in [0.1, 0.15) is 5.56 Å². The van der Waals surface area contributed by atoms with Crippen LogP contribution < -0.4 is 11.1 Å². The van der Waals surface area contributed by atoms with Crippen molar-refractivity contribution in [1.82, 2.24) is 5.32 Å². The van der Waals surface area contributed by atoms with E-state index < -0.39 is 16.9 Å². The van der Waals surface area contributed by atoms with E-state index >= 15 is 0 Å². The van der Waals surface area contributed by atoms with Crippen LogP contribution >= 0.6 is 15.9 Å². The number of carbonyl (C=O) groups is 1. The van der Waals surface area contributed by atoms with Gasteiger partial charge < -0.3 is 16.2 Å². The van der Waals surface area contributed by atoms with E-state index in [4.69, 9.17) is 10.8 Å². The van der Waals surface area contributed by atoms with Crippen LogP contribution in [-0.2, 0) is 11.3 Å². The molecule has 0 bridgehead atoms. The maximum absolute atomic E-state index is 10.6. The number of rotatable bonds is 6. The lowest BCUT2D eigenvalue weighted by Gasteiger charge is -2.08. The lowest BCUT2D eigenvalue weighted by molar-refractivity contribution is -0.385. The molecule has 1 rings (SSSR count). The molecular weight excluding hydrogens is 306 g/mol. The fourth-order valence-electron chi connectivity index (χ4n) is 1.29.